The highest BCUT2D eigenvalue weighted by molar-refractivity contribution is 5.46. The molecule has 1 aromatic carbocycles. The third kappa shape index (κ3) is 5.14. The molecule has 20 heavy (non-hydrogen) atoms. The van der Waals surface area contributed by atoms with E-state index in [1.54, 1.807) is 0 Å². The smallest absolute Gasteiger partial charge is 0.0462 e. The van der Waals surface area contributed by atoms with Crippen LogP contribution in [-0.2, 0) is 0 Å². The number of hydrogen-bond acceptors (Lipinski definition) is 3. The number of nitrogens with two attached hydrogens (primary N) is 1. The quantitative estimate of drug-likeness (QED) is 0.532. The van der Waals surface area contributed by atoms with Gasteiger partial charge in [0.25, 0.3) is 0 Å². The van der Waals surface area contributed by atoms with Gasteiger partial charge in [0, 0.05) is 25.8 Å². The molecule has 0 bridgehead atoms. The Bertz CT molecular complexity index is 359. The van der Waals surface area contributed by atoms with E-state index in [1.165, 1.54) is 36.9 Å². The predicted octanol–water partition coefficient (Wildman–Crippen LogP) is 3.86. The van der Waals surface area contributed by atoms with Gasteiger partial charge >= 0.3 is 0 Å². The number of nitrogens with zero attached hydrogens (tertiary/aromatic N) is 1. The molecule has 2 atom stereocenters. The third-order valence-electron chi connectivity index (χ3n) is 4.13. The van der Waals surface area contributed by atoms with Crippen LogP contribution >= 0.6 is 0 Å². The predicted molar refractivity (Wildman–Crippen MR) is 88.8 cm³/mol. The molecule has 0 aromatic heterocycles. The molecule has 1 rings (SSSR count). The van der Waals surface area contributed by atoms with Gasteiger partial charge in [0.1, 0.15) is 0 Å². The number of hydrogen-bond donors (Lipinski definition) is 2. The normalized spacial score (nSPS) is 14.1. The summed E-state index contributed by atoms with van der Waals surface area (Å²) in [5.41, 5.74) is 5.50. The second-order valence-corrected chi connectivity index (χ2v) is 5.86. The second-order valence-electron chi connectivity index (χ2n) is 5.86. The van der Waals surface area contributed by atoms with Gasteiger partial charge in [0.05, 0.1) is 0 Å². The third-order valence-corrected chi connectivity index (χ3v) is 4.13. The van der Waals surface area contributed by atoms with Crippen molar-refractivity contribution >= 4 is 5.69 Å². The van der Waals surface area contributed by atoms with E-state index in [0.29, 0.717) is 0 Å². The van der Waals surface area contributed by atoms with Crippen LogP contribution in [0.1, 0.15) is 57.6 Å². The van der Waals surface area contributed by atoms with E-state index >= 15 is 0 Å². The zero-order valence-corrected chi connectivity index (χ0v) is 13.5. The average molecular weight is 277 g/mol. The van der Waals surface area contributed by atoms with E-state index in [1.807, 2.05) is 0 Å². The molecule has 2 unspecified atom stereocenters. The molecule has 114 valence electrons. The summed E-state index contributed by atoms with van der Waals surface area (Å²) in [6.45, 7) is 4.54. The lowest BCUT2D eigenvalue weighted by molar-refractivity contribution is 0.356. The summed E-state index contributed by atoms with van der Waals surface area (Å²) in [6, 6.07) is 8.95. The van der Waals surface area contributed by atoms with Crippen LogP contribution in [0, 0.1) is 5.92 Å². The highest BCUT2D eigenvalue weighted by atomic mass is 15.2. The van der Waals surface area contributed by atoms with Gasteiger partial charge in [-0.05, 0) is 30.0 Å². The van der Waals surface area contributed by atoms with E-state index in [9.17, 15) is 0 Å². The minimum absolute atomic E-state index is 0.257. The molecule has 0 aliphatic carbocycles. The molecule has 3 heteroatoms. The van der Waals surface area contributed by atoms with Crippen LogP contribution in [-0.4, -0.2) is 14.1 Å². The molecule has 3 nitrogen and oxygen atoms in total. The summed E-state index contributed by atoms with van der Waals surface area (Å²) in [6.07, 6.45) is 6.24. The van der Waals surface area contributed by atoms with Crippen molar-refractivity contribution in [3.63, 3.8) is 0 Å². The van der Waals surface area contributed by atoms with Crippen LogP contribution < -0.4 is 16.2 Å². The van der Waals surface area contributed by atoms with Crippen molar-refractivity contribution < 1.29 is 0 Å². The van der Waals surface area contributed by atoms with Gasteiger partial charge in [-0.25, -0.2) is 0 Å². The van der Waals surface area contributed by atoms with E-state index in [-0.39, 0.29) is 6.04 Å². The molecule has 0 fully saturated rings. The van der Waals surface area contributed by atoms with Crippen molar-refractivity contribution in [3.05, 3.63) is 29.8 Å². The van der Waals surface area contributed by atoms with E-state index < -0.39 is 0 Å². The largest absolute Gasteiger partial charge is 0.378 e. The van der Waals surface area contributed by atoms with Crippen LogP contribution in [0.15, 0.2) is 24.3 Å². The molecule has 1 aromatic rings. The van der Waals surface area contributed by atoms with Gasteiger partial charge in [-0.3, -0.25) is 11.3 Å². The summed E-state index contributed by atoms with van der Waals surface area (Å²) < 4.78 is 0. The van der Waals surface area contributed by atoms with Crippen molar-refractivity contribution in [2.24, 2.45) is 11.8 Å². The Balaban J connectivity index is 2.69. The molecule has 0 aliphatic heterocycles. The number of benzene rings is 1. The standard InChI is InChI=1S/C17H31N3/c1-5-7-8-14(6-2)13-17(19-18)15-9-11-16(12-10-15)20(3)4/h9-12,14,17,19H,5-8,13,18H2,1-4H3. The molecule has 0 spiro atoms. The van der Waals surface area contributed by atoms with Crippen LogP contribution in [0.4, 0.5) is 5.69 Å². The molecule has 0 aliphatic rings. The van der Waals surface area contributed by atoms with Crippen molar-refractivity contribution in [3.8, 4) is 0 Å². The summed E-state index contributed by atoms with van der Waals surface area (Å²) in [5, 5.41) is 0. The zero-order chi connectivity index (χ0) is 15.0. The number of nitrogens with one attached hydrogen (secondary N) is 1. The fourth-order valence-electron chi connectivity index (χ4n) is 2.62. The number of anilines is 1. The first-order chi connectivity index (χ1) is 9.62. The minimum atomic E-state index is 0.257. The Morgan fingerprint density at radius 3 is 2.25 bits per heavy atom. The Kier molecular flexibility index (Phi) is 7.63. The van der Waals surface area contributed by atoms with Gasteiger partial charge < -0.3 is 4.90 Å². The SMILES string of the molecule is CCCCC(CC)CC(NN)c1ccc(N(C)C)cc1. The maximum atomic E-state index is 5.77. The van der Waals surface area contributed by atoms with E-state index in [2.05, 4.69) is 62.5 Å². The highest BCUT2D eigenvalue weighted by Gasteiger charge is 2.15. The molecular weight excluding hydrogens is 246 g/mol. The Morgan fingerprint density at radius 1 is 1.15 bits per heavy atom. The lowest BCUT2D eigenvalue weighted by Crippen LogP contribution is -2.29. The molecular formula is C17H31N3. The lowest BCUT2D eigenvalue weighted by atomic mass is 9.89. The molecule has 0 saturated heterocycles. The summed E-state index contributed by atoms with van der Waals surface area (Å²) in [5.74, 6) is 6.53. The van der Waals surface area contributed by atoms with Crippen LogP contribution in [0.25, 0.3) is 0 Å². The molecule has 0 heterocycles. The molecule has 0 amide bonds. The minimum Gasteiger partial charge on any atom is -0.378 e. The maximum Gasteiger partial charge on any atom is 0.0462 e. The first kappa shape index (κ1) is 17.0. The van der Waals surface area contributed by atoms with Crippen LogP contribution in [0.3, 0.4) is 0 Å². The second kappa shape index (κ2) is 8.98. The van der Waals surface area contributed by atoms with Crippen molar-refractivity contribution in [2.45, 2.75) is 52.0 Å². The fourth-order valence-corrected chi connectivity index (χ4v) is 2.62. The summed E-state index contributed by atoms with van der Waals surface area (Å²) in [4.78, 5) is 2.12. The summed E-state index contributed by atoms with van der Waals surface area (Å²) in [7, 11) is 4.12. The topological polar surface area (TPSA) is 41.3 Å². The summed E-state index contributed by atoms with van der Waals surface area (Å²) >= 11 is 0. The van der Waals surface area contributed by atoms with Gasteiger partial charge in [0.15, 0.2) is 0 Å². The highest BCUT2D eigenvalue weighted by Crippen LogP contribution is 2.27. The van der Waals surface area contributed by atoms with Gasteiger partial charge in [-0.15, -0.1) is 0 Å². The fraction of sp³-hybridized carbons (Fsp3) is 0.647. The monoisotopic (exact) mass is 277 g/mol. The van der Waals surface area contributed by atoms with Crippen molar-refractivity contribution in [2.75, 3.05) is 19.0 Å². The average Bonchev–Trinajstić information content (AvgIpc) is 2.48. The van der Waals surface area contributed by atoms with Crippen molar-refractivity contribution in [1.82, 2.24) is 5.43 Å². The Labute approximate surface area is 124 Å². The lowest BCUT2D eigenvalue weighted by Gasteiger charge is -2.23. The maximum absolute atomic E-state index is 5.77. The van der Waals surface area contributed by atoms with Crippen LogP contribution in [0.2, 0.25) is 0 Å². The Morgan fingerprint density at radius 2 is 1.80 bits per heavy atom. The Hall–Kier alpha value is -1.06. The van der Waals surface area contributed by atoms with E-state index in [4.69, 9.17) is 5.84 Å². The van der Waals surface area contributed by atoms with Gasteiger partial charge in [-0.2, -0.15) is 0 Å². The molecule has 0 saturated carbocycles. The van der Waals surface area contributed by atoms with E-state index in [0.717, 1.165) is 12.3 Å². The molecule has 3 N–H and O–H groups in total. The number of unbranched alkanes of at least 4 members (excludes halogenated alkanes) is 1. The molecule has 0 radical (unpaired) electrons. The number of rotatable bonds is 9. The first-order valence-corrected chi connectivity index (χ1v) is 7.85. The van der Waals surface area contributed by atoms with Crippen LogP contribution in [0.5, 0.6) is 0 Å². The first-order valence-electron chi connectivity index (χ1n) is 7.85. The van der Waals surface area contributed by atoms with Gasteiger partial charge in [0.2, 0.25) is 0 Å². The zero-order valence-electron chi connectivity index (χ0n) is 13.5. The van der Waals surface area contributed by atoms with Gasteiger partial charge in [-0.1, -0.05) is 51.7 Å². The van der Waals surface area contributed by atoms with Crippen molar-refractivity contribution in [1.29, 1.82) is 0 Å². The number of hydrazine groups is 1.